The molecule has 0 aliphatic heterocycles. The predicted molar refractivity (Wildman–Crippen MR) is 64.6 cm³/mol. The van der Waals surface area contributed by atoms with Gasteiger partial charge in [-0.2, -0.15) is 0 Å². The quantitative estimate of drug-likeness (QED) is 0.755. The molecule has 0 aliphatic carbocycles. The number of ether oxygens (including phenoxy) is 1. The van der Waals surface area contributed by atoms with Crippen LogP contribution in [0.3, 0.4) is 0 Å². The van der Waals surface area contributed by atoms with Gasteiger partial charge in [-0.15, -0.1) is 0 Å². The Hall–Kier alpha value is -1.55. The molecule has 1 amide bonds. The van der Waals surface area contributed by atoms with Crippen LogP contribution in [0, 0.1) is 0 Å². The second-order valence-corrected chi connectivity index (χ2v) is 3.34. The second kappa shape index (κ2) is 8.73. The number of carbonyl (C=O) groups excluding carboxylic acids is 1. The molecule has 0 fully saturated rings. The van der Waals surface area contributed by atoms with Crippen molar-refractivity contribution in [3.63, 3.8) is 0 Å². The molecule has 4 N–H and O–H groups in total. The number of alkyl carbamates (subject to hydrolysis) is 1. The molecule has 0 heterocycles. The highest BCUT2D eigenvalue weighted by Crippen LogP contribution is 2.00. The summed E-state index contributed by atoms with van der Waals surface area (Å²) in [5.74, 6) is 0. The summed E-state index contributed by atoms with van der Waals surface area (Å²) in [7, 11) is 0. The molecule has 0 unspecified atom stereocenters. The van der Waals surface area contributed by atoms with Gasteiger partial charge in [0.05, 0.1) is 0 Å². The lowest BCUT2D eigenvalue weighted by molar-refractivity contribution is 0.139. The van der Waals surface area contributed by atoms with E-state index in [1.54, 1.807) is 0 Å². The van der Waals surface area contributed by atoms with Crippen molar-refractivity contribution in [2.75, 3.05) is 6.54 Å². The monoisotopic (exact) mass is 224 g/mol. The van der Waals surface area contributed by atoms with E-state index in [4.69, 9.17) is 4.74 Å². The largest absolute Gasteiger partial charge is 0.445 e. The first-order chi connectivity index (χ1) is 7.33. The summed E-state index contributed by atoms with van der Waals surface area (Å²) in [5.41, 5.74) is 1.00. The van der Waals surface area contributed by atoms with Gasteiger partial charge in [-0.3, -0.25) is 0 Å². The minimum absolute atomic E-state index is 0. The number of hydrogen-bond acceptors (Lipinski definition) is 3. The molecule has 0 spiro atoms. The van der Waals surface area contributed by atoms with E-state index in [1.165, 1.54) is 0 Å². The number of hydrogen-bond donors (Lipinski definition) is 2. The fourth-order valence-corrected chi connectivity index (χ4v) is 1.14. The molecule has 0 saturated carbocycles. The molecule has 0 radical (unpaired) electrons. The van der Waals surface area contributed by atoms with Gasteiger partial charge >= 0.3 is 6.09 Å². The van der Waals surface area contributed by atoms with Gasteiger partial charge in [0, 0.05) is 6.54 Å². The fraction of sp³-hybridized carbons (Fsp3) is 0.417. The number of benzene rings is 1. The zero-order valence-electron chi connectivity index (χ0n) is 9.74. The molecule has 4 nitrogen and oxygen atoms in total. The number of rotatable bonds is 5. The Labute approximate surface area is 96.6 Å². The van der Waals surface area contributed by atoms with E-state index in [0.717, 1.165) is 18.4 Å². The van der Waals surface area contributed by atoms with Crippen molar-refractivity contribution < 1.29 is 9.53 Å². The molecule has 0 aromatic heterocycles. The van der Waals surface area contributed by atoms with Crippen LogP contribution >= 0.6 is 0 Å². The zero-order chi connectivity index (χ0) is 10.9. The second-order valence-electron chi connectivity index (χ2n) is 3.34. The summed E-state index contributed by atoms with van der Waals surface area (Å²) in [6, 6.07) is 9.64. The Morgan fingerprint density at radius 1 is 1.31 bits per heavy atom. The van der Waals surface area contributed by atoms with Crippen molar-refractivity contribution in [3.8, 4) is 0 Å². The highest BCUT2D eigenvalue weighted by Gasteiger charge is 2.00. The number of carbonyl (C=O) groups is 1. The topological polar surface area (TPSA) is 73.3 Å². The lowest BCUT2D eigenvalue weighted by atomic mass is 10.2. The zero-order valence-corrected chi connectivity index (χ0v) is 9.74. The highest BCUT2D eigenvalue weighted by molar-refractivity contribution is 5.67. The summed E-state index contributed by atoms with van der Waals surface area (Å²) in [6.07, 6.45) is 1.71. The van der Waals surface area contributed by atoms with E-state index in [-0.39, 0.29) is 12.2 Å². The average molecular weight is 224 g/mol. The molecule has 16 heavy (non-hydrogen) atoms. The minimum atomic E-state index is -0.340. The Morgan fingerprint density at radius 3 is 2.62 bits per heavy atom. The molecule has 90 valence electrons. The standard InChI is InChI=1S/C12H17NO2.H3N/c1-2-3-9-13-12(14)15-10-11-7-5-4-6-8-11;/h4-8H,2-3,9-10H2,1H3,(H,13,14);1H3. The molecular weight excluding hydrogens is 204 g/mol. The van der Waals surface area contributed by atoms with Crippen LogP contribution in [0.2, 0.25) is 0 Å². The molecule has 1 aromatic rings. The number of unbranched alkanes of at least 4 members (excludes halogenated alkanes) is 1. The Balaban J connectivity index is 0.00000225. The van der Waals surface area contributed by atoms with Crippen molar-refractivity contribution in [1.82, 2.24) is 11.5 Å². The number of amides is 1. The molecular formula is C12H20N2O2. The molecule has 1 aromatic carbocycles. The van der Waals surface area contributed by atoms with Crippen LogP contribution in [-0.2, 0) is 11.3 Å². The van der Waals surface area contributed by atoms with Crippen LogP contribution in [-0.4, -0.2) is 12.6 Å². The molecule has 0 atom stereocenters. The molecule has 4 heteroatoms. The third-order valence-corrected chi connectivity index (χ3v) is 2.01. The summed E-state index contributed by atoms with van der Waals surface area (Å²) in [5, 5.41) is 2.69. The van der Waals surface area contributed by atoms with Gasteiger partial charge in [0.1, 0.15) is 6.61 Å². The molecule has 0 saturated heterocycles. The van der Waals surface area contributed by atoms with Gasteiger partial charge in [-0.1, -0.05) is 43.7 Å². The summed E-state index contributed by atoms with van der Waals surface area (Å²) in [4.78, 5) is 11.2. The van der Waals surface area contributed by atoms with E-state index in [1.807, 2.05) is 30.3 Å². The Kier molecular flexibility index (Phi) is 7.89. The van der Waals surface area contributed by atoms with Gasteiger partial charge in [0.25, 0.3) is 0 Å². The SMILES string of the molecule is CCCCNC(=O)OCc1ccccc1.N. The van der Waals surface area contributed by atoms with Crippen LogP contribution in [0.4, 0.5) is 4.79 Å². The fourth-order valence-electron chi connectivity index (χ4n) is 1.14. The molecule has 0 aliphatic rings. The number of nitrogens with one attached hydrogen (secondary N) is 1. The maximum Gasteiger partial charge on any atom is 0.407 e. The van der Waals surface area contributed by atoms with Crippen molar-refractivity contribution in [1.29, 1.82) is 0 Å². The average Bonchev–Trinajstić information content (AvgIpc) is 2.28. The Bertz CT molecular complexity index is 288. The van der Waals surface area contributed by atoms with E-state index < -0.39 is 0 Å². The van der Waals surface area contributed by atoms with Crippen LogP contribution in [0.5, 0.6) is 0 Å². The third-order valence-electron chi connectivity index (χ3n) is 2.01. The first-order valence-corrected chi connectivity index (χ1v) is 5.27. The molecule has 0 bridgehead atoms. The maximum atomic E-state index is 11.2. The van der Waals surface area contributed by atoms with Gasteiger partial charge < -0.3 is 16.2 Å². The van der Waals surface area contributed by atoms with Crippen molar-refractivity contribution in [2.24, 2.45) is 0 Å². The van der Waals surface area contributed by atoms with Crippen LogP contribution in [0.1, 0.15) is 25.3 Å². The minimum Gasteiger partial charge on any atom is -0.445 e. The van der Waals surface area contributed by atoms with Crippen LogP contribution < -0.4 is 11.5 Å². The first-order valence-electron chi connectivity index (χ1n) is 5.27. The van der Waals surface area contributed by atoms with E-state index in [9.17, 15) is 4.79 Å². The van der Waals surface area contributed by atoms with Gasteiger partial charge in [-0.05, 0) is 12.0 Å². The summed E-state index contributed by atoms with van der Waals surface area (Å²) in [6.45, 7) is 3.10. The van der Waals surface area contributed by atoms with E-state index >= 15 is 0 Å². The van der Waals surface area contributed by atoms with E-state index in [0.29, 0.717) is 13.2 Å². The van der Waals surface area contributed by atoms with Gasteiger partial charge in [0.2, 0.25) is 0 Å². The van der Waals surface area contributed by atoms with Crippen molar-refractivity contribution >= 4 is 6.09 Å². The normalized spacial score (nSPS) is 9.06. The summed E-state index contributed by atoms with van der Waals surface area (Å²) >= 11 is 0. The highest BCUT2D eigenvalue weighted by atomic mass is 16.5. The van der Waals surface area contributed by atoms with Crippen molar-refractivity contribution in [2.45, 2.75) is 26.4 Å². The predicted octanol–water partition coefficient (Wildman–Crippen LogP) is 2.87. The first kappa shape index (κ1) is 14.5. The smallest absolute Gasteiger partial charge is 0.407 e. The Morgan fingerprint density at radius 2 is 2.00 bits per heavy atom. The van der Waals surface area contributed by atoms with Gasteiger partial charge in [0.15, 0.2) is 0 Å². The summed E-state index contributed by atoms with van der Waals surface area (Å²) < 4.78 is 5.02. The van der Waals surface area contributed by atoms with Gasteiger partial charge in [-0.25, -0.2) is 4.79 Å². The lowest BCUT2D eigenvalue weighted by Crippen LogP contribution is -2.25. The van der Waals surface area contributed by atoms with Crippen molar-refractivity contribution in [3.05, 3.63) is 35.9 Å². The van der Waals surface area contributed by atoms with Crippen LogP contribution in [0.15, 0.2) is 30.3 Å². The van der Waals surface area contributed by atoms with E-state index in [2.05, 4.69) is 12.2 Å². The maximum absolute atomic E-state index is 11.2. The third kappa shape index (κ3) is 6.03. The van der Waals surface area contributed by atoms with Crippen LogP contribution in [0.25, 0.3) is 0 Å². The lowest BCUT2D eigenvalue weighted by Gasteiger charge is -2.06. The molecule has 1 rings (SSSR count).